The van der Waals surface area contributed by atoms with Gasteiger partial charge in [-0.3, -0.25) is 4.79 Å². The van der Waals surface area contributed by atoms with E-state index in [1.807, 2.05) is 24.0 Å². The van der Waals surface area contributed by atoms with E-state index in [0.717, 1.165) is 10.8 Å². The van der Waals surface area contributed by atoms with Crippen molar-refractivity contribution in [3.8, 4) is 0 Å². The predicted octanol–water partition coefficient (Wildman–Crippen LogP) is 2.84. The van der Waals surface area contributed by atoms with Gasteiger partial charge >= 0.3 is 6.03 Å². The van der Waals surface area contributed by atoms with E-state index in [1.165, 1.54) is 16.5 Å². The van der Waals surface area contributed by atoms with E-state index in [9.17, 15) is 9.59 Å². The zero-order valence-corrected chi connectivity index (χ0v) is 19.5. The van der Waals surface area contributed by atoms with Crippen LogP contribution in [0.4, 0.5) is 15.6 Å². The molecule has 1 atom stereocenters. The van der Waals surface area contributed by atoms with Gasteiger partial charge in [0.1, 0.15) is 4.88 Å². The molecule has 1 aromatic heterocycles. The number of urea groups is 1. The van der Waals surface area contributed by atoms with Crippen LogP contribution >= 0.6 is 11.3 Å². The summed E-state index contributed by atoms with van der Waals surface area (Å²) in [6.07, 6.45) is 0. The van der Waals surface area contributed by atoms with E-state index in [1.54, 1.807) is 6.92 Å². The normalized spacial score (nSPS) is 17.3. The molecule has 156 valence electrons. The number of hydrogen-bond acceptors (Lipinski definition) is 5. The summed E-state index contributed by atoms with van der Waals surface area (Å²) in [5.74, 6) is -0.447. The van der Waals surface area contributed by atoms with Gasteiger partial charge in [-0.2, -0.15) is 0 Å². The van der Waals surface area contributed by atoms with E-state index in [4.69, 9.17) is 5.73 Å². The third-order valence-electron chi connectivity index (χ3n) is 5.17. The average molecular weight is 432 g/mol. The highest BCUT2D eigenvalue weighted by Gasteiger charge is 2.29. The molecule has 1 fully saturated rings. The third kappa shape index (κ3) is 4.79. The second-order valence-electron chi connectivity index (χ2n) is 8.52. The first-order valence-corrected chi connectivity index (χ1v) is 14.1. The average Bonchev–Trinajstić information content (AvgIpc) is 3.03. The SMILES string of the molecule is Cc1nc(N2CCN(C(=O)Nc3ccc([Si](C)(C)C)cc3)C(C)C2)sc1C(N)=O. The molecule has 3 N–H and O–H groups in total. The summed E-state index contributed by atoms with van der Waals surface area (Å²) in [7, 11) is -1.35. The lowest BCUT2D eigenvalue weighted by atomic mass is 10.2. The highest BCUT2D eigenvalue weighted by atomic mass is 32.1. The Hall–Kier alpha value is -2.39. The first-order valence-electron chi connectivity index (χ1n) is 9.76. The van der Waals surface area contributed by atoms with Crippen molar-refractivity contribution in [1.29, 1.82) is 0 Å². The quantitative estimate of drug-likeness (QED) is 0.728. The van der Waals surface area contributed by atoms with Crippen molar-refractivity contribution in [2.75, 3.05) is 29.9 Å². The van der Waals surface area contributed by atoms with E-state index >= 15 is 0 Å². The fourth-order valence-corrected chi connectivity index (χ4v) is 5.55. The molecule has 2 heterocycles. The first-order chi connectivity index (χ1) is 13.6. The lowest BCUT2D eigenvalue weighted by Crippen LogP contribution is -2.55. The Labute approximate surface area is 176 Å². The number of benzene rings is 1. The van der Waals surface area contributed by atoms with Crippen LogP contribution in [0.3, 0.4) is 0 Å². The Morgan fingerprint density at radius 2 is 1.86 bits per heavy atom. The van der Waals surface area contributed by atoms with Gasteiger partial charge in [0.25, 0.3) is 5.91 Å². The summed E-state index contributed by atoms with van der Waals surface area (Å²) in [5.41, 5.74) is 6.88. The van der Waals surface area contributed by atoms with Crippen LogP contribution in [0.25, 0.3) is 0 Å². The summed E-state index contributed by atoms with van der Waals surface area (Å²) < 4.78 is 0. The molecule has 3 rings (SSSR count). The molecule has 0 bridgehead atoms. The van der Waals surface area contributed by atoms with E-state index in [0.29, 0.717) is 30.2 Å². The molecule has 9 heteroatoms. The van der Waals surface area contributed by atoms with Crippen LogP contribution in [0.15, 0.2) is 24.3 Å². The number of rotatable bonds is 4. The van der Waals surface area contributed by atoms with Gasteiger partial charge in [-0.25, -0.2) is 9.78 Å². The maximum Gasteiger partial charge on any atom is 0.322 e. The number of nitrogens with two attached hydrogens (primary N) is 1. The van der Waals surface area contributed by atoms with Crippen LogP contribution in [0.1, 0.15) is 22.3 Å². The number of thiazole rings is 1. The second-order valence-corrected chi connectivity index (χ2v) is 14.6. The molecular formula is C20H29N5O2SSi. The van der Waals surface area contributed by atoms with E-state index in [-0.39, 0.29) is 12.1 Å². The van der Waals surface area contributed by atoms with E-state index < -0.39 is 14.0 Å². The number of anilines is 2. The topological polar surface area (TPSA) is 91.6 Å². The van der Waals surface area contributed by atoms with Crippen LogP contribution in [0, 0.1) is 6.92 Å². The van der Waals surface area contributed by atoms with Crippen LogP contribution in [-0.2, 0) is 0 Å². The molecule has 3 amide bonds. The number of primary amides is 1. The maximum atomic E-state index is 12.8. The zero-order valence-electron chi connectivity index (χ0n) is 17.7. The Kier molecular flexibility index (Phi) is 5.99. The summed E-state index contributed by atoms with van der Waals surface area (Å²) in [6.45, 7) is 12.6. The van der Waals surface area contributed by atoms with Crippen molar-refractivity contribution >= 4 is 47.4 Å². The molecule has 0 aliphatic carbocycles. The van der Waals surface area contributed by atoms with Gasteiger partial charge in [0, 0.05) is 31.4 Å². The first kappa shape index (κ1) is 21.3. The number of piperazine rings is 1. The number of aromatic nitrogens is 1. The molecule has 0 saturated carbocycles. The van der Waals surface area contributed by atoms with Crippen LogP contribution in [0.2, 0.25) is 19.6 Å². The fraction of sp³-hybridized carbons (Fsp3) is 0.450. The van der Waals surface area contributed by atoms with Crippen molar-refractivity contribution in [3.05, 3.63) is 34.8 Å². The van der Waals surface area contributed by atoms with E-state index in [2.05, 4.69) is 47.0 Å². The number of carbonyl (C=O) groups excluding carboxylic acids is 2. The van der Waals surface area contributed by atoms with Gasteiger partial charge in [-0.1, -0.05) is 48.3 Å². The molecule has 1 aliphatic heterocycles. The Morgan fingerprint density at radius 1 is 1.21 bits per heavy atom. The van der Waals surface area contributed by atoms with Gasteiger partial charge in [0.15, 0.2) is 5.13 Å². The lowest BCUT2D eigenvalue weighted by Gasteiger charge is -2.39. The number of nitrogens with one attached hydrogen (secondary N) is 1. The fourth-order valence-electron chi connectivity index (χ4n) is 3.43. The molecule has 7 nitrogen and oxygen atoms in total. The molecule has 0 radical (unpaired) electrons. The number of carbonyl (C=O) groups is 2. The Morgan fingerprint density at radius 3 is 2.38 bits per heavy atom. The predicted molar refractivity (Wildman–Crippen MR) is 122 cm³/mol. The number of nitrogens with zero attached hydrogens (tertiary/aromatic N) is 3. The number of hydrogen-bond donors (Lipinski definition) is 2. The second kappa shape index (κ2) is 8.15. The standard InChI is InChI=1S/C20H29N5O2SSi/c1-13-12-24(20-22-14(2)17(28-20)18(21)26)10-11-25(13)19(27)23-15-6-8-16(9-7-15)29(3,4)5/h6-9,13H,10-12H2,1-5H3,(H2,21,26)(H,23,27). The van der Waals surface area contributed by atoms with Gasteiger partial charge in [-0.15, -0.1) is 0 Å². The van der Waals surface area contributed by atoms with Crippen molar-refractivity contribution in [2.24, 2.45) is 5.73 Å². The van der Waals surface area contributed by atoms with Gasteiger partial charge in [-0.05, 0) is 26.0 Å². The highest BCUT2D eigenvalue weighted by molar-refractivity contribution is 7.17. The molecule has 0 spiro atoms. The Bertz CT molecular complexity index is 907. The minimum Gasteiger partial charge on any atom is -0.365 e. The minimum atomic E-state index is -1.35. The van der Waals surface area contributed by atoms with Crippen molar-refractivity contribution < 1.29 is 9.59 Å². The molecule has 1 aliphatic rings. The molecule has 1 unspecified atom stereocenters. The number of aryl methyl sites for hydroxylation is 1. The lowest BCUT2D eigenvalue weighted by molar-refractivity contribution is 0.100. The van der Waals surface area contributed by atoms with Crippen molar-refractivity contribution in [3.63, 3.8) is 0 Å². The third-order valence-corrected chi connectivity index (χ3v) is 8.47. The molecule has 1 aromatic carbocycles. The minimum absolute atomic E-state index is 0.0197. The molecule has 1 saturated heterocycles. The molecular weight excluding hydrogens is 402 g/mol. The van der Waals surface area contributed by atoms with Gasteiger partial charge in [0.05, 0.1) is 13.8 Å². The smallest absolute Gasteiger partial charge is 0.322 e. The highest BCUT2D eigenvalue weighted by Crippen LogP contribution is 2.27. The summed E-state index contributed by atoms with van der Waals surface area (Å²) in [6, 6.07) is 8.12. The van der Waals surface area contributed by atoms with Gasteiger partial charge < -0.3 is 20.9 Å². The van der Waals surface area contributed by atoms with Gasteiger partial charge in [0.2, 0.25) is 0 Å². The van der Waals surface area contributed by atoms with Crippen molar-refractivity contribution in [1.82, 2.24) is 9.88 Å². The zero-order chi connectivity index (χ0) is 21.3. The Balaban J connectivity index is 1.62. The largest absolute Gasteiger partial charge is 0.365 e. The van der Waals surface area contributed by atoms with Crippen LogP contribution in [0.5, 0.6) is 0 Å². The monoisotopic (exact) mass is 431 g/mol. The maximum absolute atomic E-state index is 12.8. The van der Waals surface area contributed by atoms with Crippen LogP contribution in [-0.4, -0.2) is 55.6 Å². The summed E-state index contributed by atoms with van der Waals surface area (Å²) in [4.78, 5) is 33.2. The number of amides is 3. The molecule has 2 aromatic rings. The molecule has 29 heavy (non-hydrogen) atoms. The summed E-state index contributed by atoms with van der Waals surface area (Å²) >= 11 is 1.32. The van der Waals surface area contributed by atoms with Crippen LogP contribution < -0.4 is 21.1 Å². The van der Waals surface area contributed by atoms with Crippen molar-refractivity contribution in [2.45, 2.75) is 39.5 Å². The summed E-state index contributed by atoms with van der Waals surface area (Å²) in [5, 5.41) is 5.16.